The van der Waals surface area contributed by atoms with Crippen molar-refractivity contribution < 1.29 is 4.79 Å². The lowest BCUT2D eigenvalue weighted by Crippen LogP contribution is -2.24. The van der Waals surface area contributed by atoms with E-state index < -0.39 is 0 Å². The Labute approximate surface area is 156 Å². The molecule has 1 aromatic carbocycles. The van der Waals surface area contributed by atoms with Crippen molar-refractivity contribution in [2.24, 2.45) is 0 Å². The van der Waals surface area contributed by atoms with Gasteiger partial charge in [-0.25, -0.2) is 9.97 Å². The van der Waals surface area contributed by atoms with Crippen molar-refractivity contribution in [1.29, 1.82) is 0 Å². The first-order valence-corrected chi connectivity index (χ1v) is 8.56. The Morgan fingerprint density at radius 1 is 0.962 bits per heavy atom. The fraction of sp³-hybridized carbons (Fsp3) is 0.158. The van der Waals surface area contributed by atoms with Crippen LogP contribution in [-0.2, 0) is 13.0 Å². The molecule has 2 aromatic heterocycles. The molecule has 0 bridgehead atoms. The Morgan fingerprint density at radius 2 is 1.73 bits per heavy atom. The average molecular weight is 368 g/mol. The van der Waals surface area contributed by atoms with Gasteiger partial charge in [0.05, 0.1) is 12.4 Å². The van der Waals surface area contributed by atoms with Crippen LogP contribution >= 0.6 is 11.6 Å². The van der Waals surface area contributed by atoms with Crippen molar-refractivity contribution in [2.45, 2.75) is 13.0 Å². The number of hydrogen-bond acceptors (Lipinski definition) is 5. The van der Waals surface area contributed by atoms with Gasteiger partial charge in [0.2, 0.25) is 0 Å². The number of carbonyl (C=O) groups is 1. The number of hydrogen-bond donors (Lipinski definition) is 2. The summed E-state index contributed by atoms with van der Waals surface area (Å²) in [6.45, 7) is 1.13. The number of anilines is 1. The molecule has 2 heterocycles. The Morgan fingerprint density at radius 3 is 2.42 bits per heavy atom. The molecule has 0 radical (unpaired) electrons. The van der Waals surface area contributed by atoms with Gasteiger partial charge in [0.15, 0.2) is 0 Å². The molecule has 3 rings (SSSR count). The van der Waals surface area contributed by atoms with Crippen LogP contribution in [0.2, 0.25) is 5.02 Å². The summed E-state index contributed by atoms with van der Waals surface area (Å²) in [6, 6.07) is 11.4. The van der Waals surface area contributed by atoms with Gasteiger partial charge in [0, 0.05) is 30.5 Å². The van der Waals surface area contributed by atoms with Gasteiger partial charge in [-0.1, -0.05) is 23.7 Å². The third-order valence-corrected chi connectivity index (χ3v) is 3.97. The van der Waals surface area contributed by atoms with Gasteiger partial charge in [0.25, 0.3) is 5.91 Å². The second-order valence-electron chi connectivity index (χ2n) is 5.63. The van der Waals surface area contributed by atoms with E-state index in [-0.39, 0.29) is 11.6 Å². The third kappa shape index (κ3) is 5.26. The number of aromatic nitrogens is 3. The molecule has 0 unspecified atom stereocenters. The summed E-state index contributed by atoms with van der Waals surface area (Å²) >= 11 is 5.87. The number of halogens is 1. The Bertz CT molecular complexity index is 838. The molecule has 0 saturated carbocycles. The molecule has 6 nitrogen and oxygen atoms in total. The zero-order chi connectivity index (χ0) is 18.2. The van der Waals surface area contributed by atoms with Crippen LogP contribution in [0.4, 0.5) is 5.82 Å². The second kappa shape index (κ2) is 8.92. The number of nitrogens with one attached hydrogen (secondary N) is 2. The smallest absolute Gasteiger partial charge is 0.271 e. The van der Waals surface area contributed by atoms with E-state index in [2.05, 4.69) is 25.6 Å². The molecule has 3 aromatic rings. The maximum atomic E-state index is 12.1. The minimum absolute atomic E-state index is 0.262. The zero-order valence-corrected chi connectivity index (χ0v) is 14.8. The van der Waals surface area contributed by atoms with Gasteiger partial charge in [-0.3, -0.25) is 9.78 Å². The van der Waals surface area contributed by atoms with Gasteiger partial charge < -0.3 is 10.6 Å². The largest absolute Gasteiger partial charge is 0.368 e. The van der Waals surface area contributed by atoms with E-state index in [4.69, 9.17) is 11.6 Å². The lowest BCUT2D eigenvalue weighted by atomic mass is 10.1. The molecule has 0 saturated heterocycles. The highest BCUT2D eigenvalue weighted by atomic mass is 35.5. The maximum Gasteiger partial charge on any atom is 0.271 e. The normalized spacial score (nSPS) is 10.3. The van der Waals surface area contributed by atoms with E-state index in [0.717, 1.165) is 17.0 Å². The first kappa shape index (κ1) is 17.8. The van der Waals surface area contributed by atoms with E-state index in [0.29, 0.717) is 18.9 Å². The van der Waals surface area contributed by atoms with Crippen molar-refractivity contribution in [2.75, 3.05) is 11.9 Å². The predicted octanol–water partition coefficient (Wildman–Crippen LogP) is 3.11. The molecule has 132 valence electrons. The van der Waals surface area contributed by atoms with Gasteiger partial charge >= 0.3 is 0 Å². The van der Waals surface area contributed by atoms with E-state index in [1.165, 1.54) is 11.8 Å². The van der Waals surface area contributed by atoms with Crippen LogP contribution in [-0.4, -0.2) is 27.4 Å². The fourth-order valence-electron chi connectivity index (χ4n) is 2.30. The highest BCUT2D eigenvalue weighted by molar-refractivity contribution is 6.30. The summed E-state index contributed by atoms with van der Waals surface area (Å²) in [4.78, 5) is 24.4. The average Bonchev–Trinajstić information content (AvgIpc) is 2.69. The van der Waals surface area contributed by atoms with Gasteiger partial charge in [-0.15, -0.1) is 0 Å². The topological polar surface area (TPSA) is 79.8 Å². The molecule has 0 atom stereocenters. The number of amides is 1. The molecule has 0 spiro atoms. The minimum atomic E-state index is -0.262. The molecular weight excluding hydrogens is 350 g/mol. The molecule has 2 N–H and O–H groups in total. The number of carbonyl (C=O) groups excluding carboxylic acids is 1. The second-order valence-corrected chi connectivity index (χ2v) is 6.06. The van der Waals surface area contributed by atoms with Crippen molar-refractivity contribution in [3.63, 3.8) is 0 Å². The first-order valence-electron chi connectivity index (χ1n) is 8.18. The molecule has 1 amide bonds. The molecule has 0 fully saturated rings. The maximum absolute atomic E-state index is 12.1. The zero-order valence-electron chi connectivity index (χ0n) is 14.0. The molecular formula is C19H18ClN5O. The van der Waals surface area contributed by atoms with Crippen LogP contribution in [0.15, 0.2) is 61.2 Å². The number of nitrogens with zero attached hydrogens (tertiary/aromatic N) is 3. The van der Waals surface area contributed by atoms with Crippen molar-refractivity contribution in [3.8, 4) is 0 Å². The fourth-order valence-corrected chi connectivity index (χ4v) is 2.42. The van der Waals surface area contributed by atoms with Gasteiger partial charge in [-0.05, 0) is 41.8 Å². The van der Waals surface area contributed by atoms with E-state index in [1.54, 1.807) is 18.6 Å². The number of benzene rings is 1. The van der Waals surface area contributed by atoms with Crippen molar-refractivity contribution in [3.05, 3.63) is 83.0 Å². The third-order valence-electron chi connectivity index (χ3n) is 3.72. The molecule has 7 heteroatoms. The van der Waals surface area contributed by atoms with E-state index >= 15 is 0 Å². The van der Waals surface area contributed by atoms with Crippen LogP contribution in [0.3, 0.4) is 0 Å². The van der Waals surface area contributed by atoms with Crippen LogP contribution in [0.25, 0.3) is 0 Å². The summed E-state index contributed by atoms with van der Waals surface area (Å²) in [5.41, 5.74) is 2.44. The Balaban J connectivity index is 1.46. The van der Waals surface area contributed by atoms with Gasteiger partial charge in [0.1, 0.15) is 11.5 Å². The molecule has 0 aliphatic heterocycles. The standard InChI is InChI=1S/C19H18ClN5O/c20-16-3-1-14(2-4-16)7-10-22-18-13-23-17(12-24-18)19(26)25-11-15-5-8-21-9-6-15/h1-6,8-9,12-13H,7,10-11H2,(H,22,24)(H,25,26). The highest BCUT2D eigenvalue weighted by Crippen LogP contribution is 2.10. The Hall–Kier alpha value is -2.99. The van der Waals surface area contributed by atoms with Crippen LogP contribution in [0, 0.1) is 0 Å². The first-order chi connectivity index (χ1) is 12.7. The molecule has 0 aliphatic carbocycles. The number of rotatable bonds is 7. The SMILES string of the molecule is O=C(NCc1ccncc1)c1cnc(NCCc2ccc(Cl)cc2)cn1. The summed E-state index contributed by atoms with van der Waals surface area (Å²) in [7, 11) is 0. The van der Waals surface area contributed by atoms with Gasteiger partial charge in [-0.2, -0.15) is 0 Å². The van der Waals surface area contributed by atoms with Crippen molar-refractivity contribution in [1.82, 2.24) is 20.3 Å². The molecule has 26 heavy (non-hydrogen) atoms. The summed E-state index contributed by atoms with van der Waals surface area (Å²) in [5.74, 6) is 0.367. The summed E-state index contributed by atoms with van der Waals surface area (Å²) < 4.78 is 0. The van der Waals surface area contributed by atoms with Crippen LogP contribution in [0.5, 0.6) is 0 Å². The van der Waals surface area contributed by atoms with Crippen molar-refractivity contribution >= 4 is 23.3 Å². The minimum Gasteiger partial charge on any atom is -0.368 e. The molecule has 0 aliphatic rings. The predicted molar refractivity (Wildman–Crippen MR) is 101 cm³/mol. The monoisotopic (exact) mass is 367 g/mol. The Kier molecular flexibility index (Phi) is 6.11. The van der Waals surface area contributed by atoms with E-state index in [1.807, 2.05) is 36.4 Å². The quantitative estimate of drug-likeness (QED) is 0.670. The lowest BCUT2D eigenvalue weighted by molar-refractivity contribution is 0.0945. The summed E-state index contributed by atoms with van der Waals surface area (Å²) in [6.07, 6.45) is 7.24. The lowest BCUT2D eigenvalue weighted by Gasteiger charge is -2.07. The summed E-state index contributed by atoms with van der Waals surface area (Å²) in [5, 5.41) is 6.72. The van der Waals surface area contributed by atoms with E-state index in [9.17, 15) is 4.79 Å². The number of pyridine rings is 1. The van der Waals surface area contributed by atoms with Crippen LogP contribution < -0.4 is 10.6 Å². The van der Waals surface area contributed by atoms with Crippen LogP contribution in [0.1, 0.15) is 21.6 Å². The highest BCUT2D eigenvalue weighted by Gasteiger charge is 2.07.